The summed E-state index contributed by atoms with van der Waals surface area (Å²) in [5.41, 5.74) is 6.53. The Labute approximate surface area is 156 Å². The van der Waals surface area contributed by atoms with Crippen LogP contribution >= 0.6 is 0 Å². The van der Waals surface area contributed by atoms with Gasteiger partial charge in [0, 0.05) is 25.7 Å². The summed E-state index contributed by atoms with van der Waals surface area (Å²) in [5.74, 6) is 2.33. The zero-order valence-corrected chi connectivity index (χ0v) is 16.3. The predicted octanol–water partition coefficient (Wildman–Crippen LogP) is 0.939. The standard InChI is InChI=1S/C19H35N5O2/c1-4-17-21-18(23-26-17)13-5-7-14-12(9-13)6-8-16(14)20-19(25)15-10-24(3)22-11(15)2/h11-18,21-23H,4-10H2,1-3H3,(H,20,25)/t11?,12?,13?,14?,15?,16-,17?,18?/m1/s1. The van der Waals surface area contributed by atoms with E-state index in [9.17, 15) is 4.79 Å². The molecule has 8 atom stereocenters. The average molecular weight is 366 g/mol. The van der Waals surface area contributed by atoms with Gasteiger partial charge >= 0.3 is 0 Å². The Bertz CT molecular complexity index is 518. The summed E-state index contributed by atoms with van der Waals surface area (Å²) in [6, 6.07) is 0.592. The van der Waals surface area contributed by atoms with Gasteiger partial charge in [-0.1, -0.05) is 6.92 Å². The highest BCUT2D eigenvalue weighted by Crippen LogP contribution is 2.45. The van der Waals surface area contributed by atoms with Gasteiger partial charge in [0.25, 0.3) is 0 Å². The van der Waals surface area contributed by atoms with E-state index >= 15 is 0 Å². The van der Waals surface area contributed by atoms with Gasteiger partial charge in [0.05, 0.1) is 12.1 Å². The SMILES string of the molecule is CCC1NC(C2CCC3C(CC[C@H]3NC(=O)C3CN(C)NC3C)C2)NO1. The Morgan fingerprint density at radius 2 is 2.04 bits per heavy atom. The molecule has 4 N–H and O–H groups in total. The number of nitrogens with zero attached hydrogens (tertiary/aromatic N) is 1. The molecule has 7 nitrogen and oxygen atoms in total. The third kappa shape index (κ3) is 3.64. The number of amides is 1. The van der Waals surface area contributed by atoms with Crippen LogP contribution in [0.5, 0.6) is 0 Å². The predicted molar refractivity (Wildman–Crippen MR) is 99.4 cm³/mol. The van der Waals surface area contributed by atoms with Crippen molar-refractivity contribution in [2.24, 2.45) is 23.7 Å². The highest BCUT2D eigenvalue weighted by atomic mass is 16.7. The topological polar surface area (TPSA) is 77.7 Å². The maximum atomic E-state index is 12.8. The Morgan fingerprint density at radius 3 is 2.73 bits per heavy atom. The first-order valence-electron chi connectivity index (χ1n) is 10.5. The monoisotopic (exact) mass is 365 g/mol. The van der Waals surface area contributed by atoms with E-state index in [2.05, 4.69) is 35.4 Å². The third-order valence-electron chi connectivity index (χ3n) is 7.15. The van der Waals surface area contributed by atoms with Crippen LogP contribution in [0.2, 0.25) is 0 Å². The van der Waals surface area contributed by atoms with Crippen LogP contribution in [0.25, 0.3) is 0 Å². The average Bonchev–Trinajstić information content (AvgIpc) is 3.33. The fraction of sp³-hybridized carbons (Fsp3) is 0.947. The molecule has 0 aromatic heterocycles. The van der Waals surface area contributed by atoms with Crippen LogP contribution in [-0.2, 0) is 9.63 Å². The summed E-state index contributed by atoms with van der Waals surface area (Å²) < 4.78 is 0. The number of hydrazine groups is 1. The lowest BCUT2D eigenvalue weighted by molar-refractivity contribution is -0.126. The second kappa shape index (κ2) is 7.72. The molecule has 7 unspecified atom stereocenters. The van der Waals surface area contributed by atoms with E-state index in [1.54, 1.807) is 0 Å². The van der Waals surface area contributed by atoms with E-state index in [0.29, 0.717) is 17.9 Å². The van der Waals surface area contributed by atoms with Crippen molar-refractivity contribution < 1.29 is 9.63 Å². The lowest BCUT2D eigenvalue weighted by atomic mass is 9.73. The number of carbonyl (C=O) groups excluding carboxylic acids is 1. The fourth-order valence-corrected chi connectivity index (χ4v) is 5.68. The number of hydrogen-bond donors (Lipinski definition) is 4. The van der Waals surface area contributed by atoms with Gasteiger partial charge in [0.15, 0.2) is 0 Å². The van der Waals surface area contributed by atoms with E-state index in [1.807, 2.05) is 12.1 Å². The summed E-state index contributed by atoms with van der Waals surface area (Å²) in [6.07, 6.45) is 7.47. The van der Waals surface area contributed by atoms with Crippen molar-refractivity contribution in [2.75, 3.05) is 13.6 Å². The summed E-state index contributed by atoms with van der Waals surface area (Å²) in [6.45, 7) is 5.04. The van der Waals surface area contributed by atoms with Crippen LogP contribution in [0, 0.1) is 23.7 Å². The molecule has 4 rings (SSSR count). The Balaban J connectivity index is 1.29. The van der Waals surface area contributed by atoms with Crippen LogP contribution < -0.4 is 21.5 Å². The van der Waals surface area contributed by atoms with Crippen molar-refractivity contribution in [3.63, 3.8) is 0 Å². The number of carbonyl (C=O) groups is 1. The van der Waals surface area contributed by atoms with Crippen LogP contribution in [0.4, 0.5) is 0 Å². The lowest BCUT2D eigenvalue weighted by Gasteiger charge is -2.37. The molecular weight excluding hydrogens is 330 g/mol. The molecule has 2 aliphatic carbocycles. The molecule has 2 saturated heterocycles. The van der Waals surface area contributed by atoms with Gasteiger partial charge in [-0.2, -0.15) is 5.48 Å². The molecule has 2 aliphatic heterocycles. The molecule has 1 amide bonds. The zero-order chi connectivity index (χ0) is 18.3. The molecule has 0 spiro atoms. The molecule has 7 heteroatoms. The minimum Gasteiger partial charge on any atom is -0.353 e. The van der Waals surface area contributed by atoms with E-state index < -0.39 is 0 Å². The molecule has 0 radical (unpaired) electrons. The van der Waals surface area contributed by atoms with Gasteiger partial charge in [-0.15, -0.1) is 0 Å². The van der Waals surface area contributed by atoms with E-state index in [1.165, 1.54) is 25.7 Å². The molecule has 2 heterocycles. The van der Waals surface area contributed by atoms with Crippen molar-refractivity contribution in [1.29, 1.82) is 0 Å². The molecule has 0 aromatic carbocycles. The summed E-state index contributed by atoms with van der Waals surface area (Å²) in [5, 5.41) is 9.01. The van der Waals surface area contributed by atoms with Crippen molar-refractivity contribution in [1.82, 2.24) is 26.5 Å². The molecule has 26 heavy (non-hydrogen) atoms. The van der Waals surface area contributed by atoms with Crippen LogP contribution in [0.15, 0.2) is 0 Å². The second-order valence-corrected chi connectivity index (χ2v) is 8.87. The van der Waals surface area contributed by atoms with Crippen LogP contribution in [-0.4, -0.2) is 49.0 Å². The number of fused-ring (bicyclic) bond motifs is 1. The van der Waals surface area contributed by atoms with E-state index in [-0.39, 0.29) is 30.3 Å². The highest BCUT2D eigenvalue weighted by molar-refractivity contribution is 5.80. The van der Waals surface area contributed by atoms with Crippen molar-refractivity contribution in [2.45, 2.75) is 76.8 Å². The molecule has 0 aromatic rings. The van der Waals surface area contributed by atoms with Gasteiger partial charge in [-0.05, 0) is 63.2 Å². The quantitative estimate of drug-likeness (QED) is 0.594. The Kier molecular flexibility index (Phi) is 5.53. The number of rotatable bonds is 4. The summed E-state index contributed by atoms with van der Waals surface area (Å²) in [4.78, 5) is 18.4. The van der Waals surface area contributed by atoms with Crippen LogP contribution in [0.1, 0.15) is 52.4 Å². The van der Waals surface area contributed by atoms with Crippen molar-refractivity contribution in [3.05, 3.63) is 0 Å². The maximum Gasteiger partial charge on any atom is 0.226 e. The van der Waals surface area contributed by atoms with Gasteiger partial charge in [-0.3, -0.25) is 20.4 Å². The third-order valence-corrected chi connectivity index (χ3v) is 7.15. The molecule has 0 bridgehead atoms. The van der Waals surface area contributed by atoms with Gasteiger partial charge in [-0.25, -0.2) is 5.01 Å². The summed E-state index contributed by atoms with van der Waals surface area (Å²) in [7, 11) is 2.01. The second-order valence-electron chi connectivity index (χ2n) is 8.87. The number of hydroxylamine groups is 1. The first-order valence-corrected chi connectivity index (χ1v) is 10.5. The smallest absolute Gasteiger partial charge is 0.226 e. The largest absolute Gasteiger partial charge is 0.353 e. The highest BCUT2D eigenvalue weighted by Gasteiger charge is 2.44. The van der Waals surface area contributed by atoms with E-state index in [4.69, 9.17) is 4.84 Å². The molecular formula is C19H35N5O2. The number of hydrogen-bond acceptors (Lipinski definition) is 6. The van der Waals surface area contributed by atoms with Gasteiger partial charge in [0.2, 0.25) is 5.91 Å². The molecule has 4 aliphatic rings. The zero-order valence-electron chi connectivity index (χ0n) is 16.3. The lowest BCUT2D eigenvalue weighted by Crippen LogP contribution is -2.47. The van der Waals surface area contributed by atoms with Crippen molar-refractivity contribution in [3.8, 4) is 0 Å². The summed E-state index contributed by atoms with van der Waals surface area (Å²) >= 11 is 0. The molecule has 4 fully saturated rings. The Morgan fingerprint density at radius 1 is 1.23 bits per heavy atom. The van der Waals surface area contributed by atoms with E-state index in [0.717, 1.165) is 25.3 Å². The fourth-order valence-electron chi connectivity index (χ4n) is 5.68. The first-order chi connectivity index (χ1) is 12.5. The molecule has 2 saturated carbocycles. The number of nitrogens with one attached hydrogen (secondary N) is 4. The van der Waals surface area contributed by atoms with Gasteiger partial charge < -0.3 is 5.32 Å². The maximum absolute atomic E-state index is 12.8. The molecule has 148 valence electrons. The minimum atomic E-state index is 0.0606. The van der Waals surface area contributed by atoms with Gasteiger partial charge in [0.1, 0.15) is 6.23 Å². The van der Waals surface area contributed by atoms with Crippen molar-refractivity contribution >= 4 is 5.91 Å². The minimum absolute atomic E-state index is 0.0606. The van der Waals surface area contributed by atoms with Crippen LogP contribution in [0.3, 0.4) is 0 Å². The normalized spacial score (nSPS) is 46.4. The first kappa shape index (κ1) is 18.6. The Hall–Kier alpha value is -0.730.